The van der Waals surface area contributed by atoms with Crippen LogP contribution in [0.15, 0.2) is 0 Å². The van der Waals surface area contributed by atoms with Crippen LogP contribution in [0, 0.1) is 10.7 Å². The fourth-order valence-corrected chi connectivity index (χ4v) is 6.40. The van der Waals surface area contributed by atoms with E-state index in [1.54, 1.807) is 0 Å². The summed E-state index contributed by atoms with van der Waals surface area (Å²) in [5.74, 6) is 0.958. The zero-order valence-electron chi connectivity index (χ0n) is 16.5. The van der Waals surface area contributed by atoms with Gasteiger partial charge in [-0.15, -0.1) is 0 Å². The molecule has 0 heterocycles. The fourth-order valence-electron chi connectivity index (χ4n) is 2.61. The minimum atomic E-state index is -2.61. The van der Waals surface area contributed by atoms with Crippen molar-refractivity contribution in [1.82, 2.24) is 0 Å². The summed E-state index contributed by atoms with van der Waals surface area (Å²) in [4.78, 5) is 0. The predicted molar refractivity (Wildman–Crippen MR) is 105 cm³/mol. The van der Waals surface area contributed by atoms with Crippen LogP contribution in [0.3, 0.4) is 0 Å². The third-order valence-electron chi connectivity index (χ3n) is 3.29. The highest BCUT2D eigenvalue weighted by Gasteiger charge is 2.43. The summed E-state index contributed by atoms with van der Waals surface area (Å²) in [6.45, 7) is 12.3. The van der Waals surface area contributed by atoms with Crippen molar-refractivity contribution in [3.63, 3.8) is 0 Å². The Balaban J connectivity index is 4.26. The lowest BCUT2D eigenvalue weighted by atomic mass is 10.1. The number of hydrogen-bond donors (Lipinski definition) is 0. The smallest absolute Gasteiger partial charge is 0.371 e. The van der Waals surface area contributed by atoms with E-state index in [0.717, 1.165) is 24.6 Å². The Hall–Kier alpha value is -0.0631. The molecule has 0 amide bonds. The Kier molecular flexibility index (Phi) is 14.1. The molecule has 0 aliphatic carbocycles. The predicted octanol–water partition coefficient (Wildman–Crippen LogP) is 5.76. The molecule has 0 radical (unpaired) electrons. The molecule has 0 bridgehead atoms. The Morgan fingerprint density at radius 3 is 1.58 bits per heavy atom. The first-order valence-corrected chi connectivity index (χ1v) is 12.3. The fraction of sp³-hybridized carbons (Fsp3) is 0.944. The van der Waals surface area contributed by atoms with Gasteiger partial charge in [-0.1, -0.05) is 25.7 Å². The largest absolute Gasteiger partial charge is 0.501 e. The first-order valence-electron chi connectivity index (χ1n) is 9.35. The molecular weight excluding hydrogens is 338 g/mol. The Morgan fingerprint density at radius 1 is 0.750 bits per heavy atom. The molecule has 4 nitrogen and oxygen atoms in total. The lowest BCUT2D eigenvalue weighted by Gasteiger charge is -2.34. The van der Waals surface area contributed by atoms with Crippen LogP contribution < -0.4 is 0 Å². The molecule has 24 heavy (non-hydrogen) atoms. The van der Waals surface area contributed by atoms with Crippen LogP contribution in [0.5, 0.6) is 0 Å². The van der Waals surface area contributed by atoms with Gasteiger partial charge in [-0.25, -0.2) is 0 Å². The molecular formula is C18H37NO3SSi. The van der Waals surface area contributed by atoms with Crippen molar-refractivity contribution in [3.05, 3.63) is 0 Å². The van der Waals surface area contributed by atoms with Crippen LogP contribution >= 0.6 is 11.8 Å². The van der Waals surface area contributed by atoms with Crippen LogP contribution in [0.2, 0.25) is 6.04 Å². The first kappa shape index (κ1) is 23.9. The van der Waals surface area contributed by atoms with Gasteiger partial charge in [0.2, 0.25) is 0 Å². The number of thioether (sulfide) groups is 1. The third-order valence-corrected chi connectivity index (χ3v) is 7.37. The van der Waals surface area contributed by atoms with Crippen molar-refractivity contribution >= 4 is 20.6 Å². The van der Waals surface area contributed by atoms with E-state index < -0.39 is 8.80 Å². The third kappa shape index (κ3) is 13.3. The summed E-state index contributed by atoms with van der Waals surface area (Å²) >= 11 is 1.36. The van der Waals surface area contributed by atoms with Crippen LogP contribution in [0.1, 0.15) is 80.1 Å². The Bertz CT molecular complexity index is 319. The van der Waals surface area contributed by atoms with Gasteiger partial charge in [-0.05, 0) is 66.1 Å². The van der Waals surface area contributed by atoms with Crippen LogP contribution in [-0.4, -0.2) is 32.9 Å². The lowest BCUT2D eigenvalue weighted by Crippen LogP contribution is -2.50. The van der Waals surface area contributed by atoms with E-state index >= 15 is 0 Å². The molecule has 0 spiro atoms. The van der Waals surface area contributed by atoms with Crippen molar-refractivity contribution in [3.8, 4) is 5.40 Å². The van der Waals surface area contributed by atoms with Gasteiger partial charge in [0.1, 0.15) is 5.40 Å². The Morgan fingerprint density at radius 2 is 1.17 bits per heavy atom. The van der Waals surface area contributed by atoms with E-state index in [2.05, 4.69) is 5.40 Å². The van der Waals surface area contributed by atoms with Crippen molar-refractivity contribution in [2.75, 3.05) is 5.75 Å². The van der Waals surface area contributed by atoms with Crippen molar-refractivity contribution in [2.45, 2.75) is 104 Å². The van der Waals surface area contributed by atoms with E-state index in [4.69, 9.17) is 18.5 Å². The number of thiocyanates is 1. The molecule has 0 N–H and O–H groups in total. The van der Waals surface area contributed by atoms with E-state index in [-0.39, 0.29) is 18.3 Å². The topological polar surface area (TPSA) is 51.5 Å². The minimum Gasteiger partial charge on any atom is -0.371 e. The molecule has 0 aromatic carbocycles. The molecule has 0 rings (SSSR count). The highest BCUT2D eigenvalue weighted by Crippen LogP contribution is 2.25. The summed E-state index contributed by atoms with van der Waals surface area (Å²) in [6, 6.07) is 0.895. The maximum Gasteiger partial charge on any atom is 0.501 e. The average Bonchev–Trinajstić information content (AvgIpc) is 2.43. The van der Waals surface area contributed by atoms with Crippen LogP contribution in [0.4, 0.5) is 0 Å². The SMILES string of the molecule is CC(C)O[Si](CCCCCCCCSC#N)(OC(C)C)OC(C)C. The zero-order chi connectivity index (χ0) is 18.4. The van der Waals surface area contributed by atoms with E-state index in [0.29, 0.717) is 0 Å². The molecule has 0 aromatic heterocycles. The second-order valence-electron chi connectivity index (χ2n) is 6.99. The molecule has 142 valence electrons. The minimum absolute atomic E-state index is 0.117. The van der Waals surface area contributed by atoms with Gasteiger partial charge in [0.15, 0.2) is 0 Å². The summed E-state index contributed by atoms with van der Waals surface area (Å²) in [7, 11) is -2.61. The van der Waals surface area contributed by atoms with Gasteiger partial charge in [-0.3, -0.25) is 0 Å². The molecule has 0 atom stereocenters. The molecule has 0 unspecified atom stereocenters. The van der Waals surface area contributed by atoms with Crippen molar-refractivity contribution in [2.24, 2.45) is 0 Å². The van der Waals surface area contributed by atoms with Gasteiger partial charge in [0.25, 0.3) is 0 Å². The van der Waals surface area contributed by atoms with Gasteiger partial charge in [0, 0.05) is 30.1 Å². The van der Waals surface area contributed by atoms with E-state index in [9.17, 15) is 0 Å². The number of rotatable bonds is 15. The molecule has 0 aromatic rings. The van der Waals surface area contributed by atoms with Gasteiger partial charge in [0.05, 0.1) is 0 Å². The first-order chi connectivity index (χ1) is 11.3. The van der Waals surface area contributed by atoms with Gasteiger partial charge >= 0.3 is 8.80 Å². The second-order valence-corrected chi connectivity index (χ2v) is 10.4. The summed E-state index contributed by atoms with van der Waals surface area (Å²) < 4.78 is 18.6. The normalized spacial score (nSPS) is 12.3. The standard InChI is InChI=1S/C18H37NO3SSi/c1-16(2)20-24(21-17(3)4,22-18(5)6)14-12-10-8-7-9-11-13-23-15-19/h16-18H,7-14H2,1-6H3. The number of unbranched alkanes of at least 4 members (excludes halogenated alkanes) is 5. The summed E-state index contributed by atoms with van der Waals surface area (Å²) in [5.41, 5.74) is 0. The van der Waals surface area contributed by atoms with Gasteiger partial charge < -0.3 is 13.3 Å². The number of hydrogen-bond acceptors (Lipinski definition) is 5. The number of nitriles is 1. The summed E-state index contributed by atoms with van der Waals surface area (Å²) in [5, 5.41) is 10.6. The molecule has 0 saturated heterocycles. The highest BCUT2D eigenvalue weighted by atomic mass is 32.2. The highest BCUT2D eigenvalue weighted by molar-refractivity contribution is 8.03. The van der Waals surface area contributed by atoms with E-state index in [1.165, 1.54) is 37.4 Å². The lowest BCUT2D eigenvalue weighted by molar-refractivity contribution is 0.00278. The zero-order valence-corrected chi connectivity index (χ0v) is 18.3. The molecule has 6 heteroatoms. The maximum atomic E-state index is 8.48. The molecule has 0 aliphatic heterocycles. The van der Waals surface area contributed by atoms with Crippen LogP contribution in [-0.2, 0) is 13.3 Å². The van der Waals surface area contributed by atoms with Crippen molar-refractivity contribution in [1.29, 1.82) is 5.26 Å². The van der Waals surface area contributed by atoms with E-state index in [1.807, 2.05) is 41.5 Å². The quantitative estimate of drug-likeness (QED) is 0.207. The Labute approximate surface area is 155 Å². The van der Waals surface area contributed by atoms with Crippen molar-refractivity contribution < 1.29 is 13.3 Å². The second kappa shape index (κ2) is 14.1. The molecule has 0 fully saturated rings. The number of nitrogens with zero attached hydrogens (tertiary/aromatic N) is 1. The van der Waals surface area contributed by atoms with Crippen LogP contribution in [0.25, 0.3) is 0 Å². The summed E-state index contributed by atoms with van der Waals surface area (Å²) in [6.07, 6.45) is 7.44. The maximum absolute atomic E-state index is 8.48. The average molecular weight is 376 g/mol. The molecule has 0 aliphatic rings. The monoisotopic (exact) mass is 375 g/mol. The molecule has 0 saturated carbocycles. The van der Waals surface area contributed by atoms with Gasteiger partial charge in [-0.2, -0.15) is 5.26 Å².